The molecular formula is C10H12N2O6. The number of amides is 1. The van der Waals surface area contributed by atoms with Gasteiger partial charge in [0.25, 0.3) is 5.91 Å². The summed E-state index contributed by atoms with van der Waals surface area (Å²) in [6, 6.07) is 1.08. The van der Waals surface area contributed by atoms with E-state index in [1.807, 2.05) is 0 Å². The van der Waals surface area contributed by atoms with Gasteiger partial charge in [0.05, 0.1) is 19.3 Å². The van der Waals surface area contributed by atoms with E-state index in [1.54, 1.807) is 0 Å². The minimum Gasteiger partial charge on any atom is -0.475 e. The van der Waals surface area contributed by atoms with Crippen LogP contribution in [0, 0.1) is 0 Å². The number of carbonyl (C=O) groups excluding carboxylic acids is 1. The van der Waals surface area contributed by atoms with Crippen molar-refractivity contribution in [2.75, 3.05) is 26.3 Å². The molecule has 1 fully saturated rings. The van der Waals surface area contributed by atoms with Gasteiger partial charge in [0, 0.05) is 19.2 Å². The fraction of sp³-hybridized carbons (Fsp3) is 0.500. The summed E-state index contributed by atoms with van der Waals surface area (Å²) in [5.74, 6) is -2.10. The normalized spacial score (nSPS) is 19.8. The number of aliphatic hydroxyl groups excluding tert-OH is 1. The second-order valence-corrected chi connectivity index (χ2v) is 3.81. The molecule has 1 unspecified atom stereocenters. The molecule has 1 aliphatic heterocycles. The van der Waals surface area contributed by atoms with Gasteiger partial charge in [-0.05, 0) is 0 Å². The zero-order valence-electron chi connectivity index (χ0n) is 9.40. The Morgan fingerprint density at radius 3 is 2.94 bits per heavy atom. The number of aromatic carboxylic acids is 1. The van der Waals surface area contributed by atoms with Crippen LogP contribution in [0.5, 0.6) is 0 Å². The largest absolute Gasteiger partial charge is 0.475 e. The third kappa shape index (κ3) is 2.49. The molecule has 1 saturated heterocycles. The van der Waals surface area contributed by atoms with Crippen LogP contribution in [0.3, 0.4) is 0 Å². The first-order chi connectivity index (χ1) is 8.61. The van der Waals surface area contributed by atoms with E-state index in [1.165, 1.54) is 4.90 Å². The number of carboxylic acid groups (broad SMARTS) is 1. The summed E-state index contributed by atoms with van der Waals surface area (Å²) < 4.78 is 9.72. The van der Waals surface area contributed by atoms with E-state index in [0.717, 1.165) is 6.07 Å². The predicted octanol–water partition coefficient (Wildman–Crippen LogP) is -0.794. The van der Waals surface area contributed by atoms with E-state index in [9.17, 15) is 9.59 Å². The summed E-state index contributed by atoms with van der Waals surface area (Å²) in [6.07, 6.45) is -0.423. The molecule has 1 aliphatic rings. The maximum Gasteiger partial charge on any atom is 0.374 e. The molecule has 98 valence electrons. The fourth-order valence-electron chi connectivity index (χ4n) is 1.65. The Hall–Kier alpha value is -1.93. The summed E-state index contributed by atoms with van der Waals surface area (Å²) in [5.41, 5.74) is -0.0639. The first-order valence-corrected chi connectivity index (χ1v) is 5.33. The highest BCUT2D eigenvalue weighted by Gasteiger charge is 2.27. The summed E-state index contributed by atoms with van der Waals surface area (Å²) in [5, 5.41) is 21.0. The van der Waals surface area contributed by atoms with Gasteiger partial charge < -0.3 is 24.4 Å². The molecule has 0 aromatic carbocycles. The van der Waals surface area contributed by atoms with Gasteiger partial charge in [0.15, 0.2) is 5.69 Å². The molecule has 8 nitrogen and oxygen atoms in total. The smallest absolute Gasteiger partial charge is 0.374 e. The molecule has 0 aliphatic carbocycles. The molecule has 8 heteroatoms. The van der Waals surface area contributed by atoms with E-state index in [2.05, 4.69) is 9.68 Å². The zero-order valence-corrected chi connectivity index (χ0v) is 9.40. The van der Waals surface area contributed by atoms with Crippen molar-refractivity contribution < 1.29 is 29.1 Å². The van der Waals surface area contributed by atoms with Gasteiger partial charge in [0.2, 0.25) is 5.76 Å². The van der Waals surface area contributed by atoms with Gasteiger partial charge in [-0.3, -0.25) is 4.79 Å². The molecule has 1 amide bonds. The summed E-state index contributed by atoms with van der Waals surface area (Å²) in [6.45, 7) is 0.749. The number of nitrogens with zero attached hydrogens (tertiary/aromatic N) is 2. The molecule has 1 atom stereocenters. The van der Waals surface area contributed by atoms with Gasteiger partial charge in [-0.25, -0.2) is 4.79 Å². The Morgan fingerprint density at radius 2 is 2.33 bits per heavy atom. The third-order valence-electron chi connectivity index (χ3n) is 2.57. The standard InChI is InChI=1S/C10H12N2O6/c13-5-6-4-12(1-2-17-6)9(14)7-3-8(10(15)16)18-11-7/h3,6,13H,1-2,4-5H2,(H,15,16). The van der Waals surface area contributed by atoms with Crippen molar-refractivity contribution in [3.05, 3.63) is 17.5 Å². The minimum atomic E-state index is -1.28. The van der Waals surface area contributed by atoms with Crippen LogP contribution in [0.25, 0.3) is 0 Å². The van der Waals surface area contributed by atoms with Crippen LogP contribution in [-0.2, 0) is 4.74 Å². The molecular weight excluding hydrogens is 244 g/mol. The number of rotatable bonds is 3. The quantitative estimate of drug-likeness (QED) is 0.728. The van der Waals surface area contributed by atoms with Crippen molar-refractivity contribution in [2.24, 2.45) is 0 Å². The first kappa shape index (κ1) is 12.5. The van der Waals surface area contributed by atoms with Gasteiger partial charge in [-0.15, -0.1) is 0 Å². The highest BCUT2D eigenvalue weighted by molar-refractivity contribution is 5.94. The summed E-state index contributed by atoms with van der Waals surface area (Å²) in [4.78, 5) is 24.0. The highest BCUT2D eigenvalue weighted by Crippen LogP contribution is 2.11. The lowest BCUT2D eigenvalue weighted by Gasteiger charge is -2.31. The second kappa shape index (κ2) is 5.15. The number of morpholine rings is 1. The van der Waals surface area contributed by atoms with Gasteiger partial charge in [-0.2, -0.15) is 0 Å². The van der Waals surface area contributed by atoms with Crippen LogP contribution in [-0.4, -0.2) is 64.6 Å². The number of aromatic nitrogens is 1. The Kier molecular flexibility index (Phi) is 3.58. The average molecular weight is 256 g/mol. The number of carbonyl (C=O) groups is 2. The number of hydrogen-bond acceptors (Lipinski definition) is 6. The molecule has 0 saturated carbocycles. The molecule has 2 heterocycles. The van der Waals surface area contributed by atoms with Crippen LogP contribution in [0.2, 0.25) is 0 Å². The number of hydrogen-bond donors (Lipinski definition) is 2. The van der Waals surface area contributed by atoms with E-state index >= 15 is 0 Å². The lowest BCUT2D eigenvalue weighted by molar-refractivity contribution is -0.0449. The molecule has 0 bridgehead atoms. The number of carboxylic acids is 1. The Balaban J connectivity index is 2.07. The number of ether oxygens (including phenoxy) is 1. The molecule has 2 N–H and O–H groups in total. The van der Waals surface area contributed by atoms with Crippen LogP contribution in [0.15, 0.2) is 10.6 Å². The Morgan fingerprint density at radius 1 is 1.56 bits per heavy atom. The van der Waals surface area contributed by atoms with Crippen molar-refractivity contribution in [3.63, 3.8) is 0 Å². The minimum absolute atomic E-state index is 0.0639. The van der Waals surface area contributed by atoms with Crippen molar-refractivity contribution in [3.8, 4) is 0 Å². The molecule has 0 radical (unpaired) electrons. The van der Waals surface area contributed by atoms with Crippen molar-refractivity contribution in [1.82, 2.24) is 10.1 Å². The van der Waals surface area contributed by atoms with Gasteiger partial charge >= 0.3 is 5.97 Å². The molecule has 1 aromatic rings. The molecule has 18 heavy (non-hydrogen) atoms. The van der Waals surface area contributed by atoms with Gasteiger partial charge in [0.1, 0.15) is 0 Å². The van der Waals surface area contributed by atoms with Crippen LogP contribution in [0.1, 0.15) is 21.0 Å². The predicted molar refractivity (Wildman–Crippen MR) is 56.2 cm³/mol. The van der Waals surface area contributed by atoms with E-state index in [0.29, 0.717) is 13.2 Å². The van der Waals surface area contributed by atoms with Crippen LogP contribution < -0.4 is 0 Å². The van der Waals surface area contributed by atoms with Crippen molar-refractivity contribution in [2.45, 2.75) is 6.10 Å². The van der Waals surface area contributed by atoms with E-state index < -0.39 is 18.0 Å². The third-order valence-corrected chi connectivity index (χ3v) is 2.57. The van der Waals surface area contributed by atoms with Crippen molar-refractivity contribution >= 4 is 11.9 Å². The van der Waals surface area contributed by atoms with Crippen LogP contribution in [0.4, 0.5) is 0 Å². The van der Waals surface area contributed by atoms with Crippen LogP contribution >= 0.6 is 0 Å². The fourth-order valence-corrected chi connectivity index (χ4v) is 1.65. The maximum absolute atomic E-state index is 12.0. The van der Waals surface area contributed by atoms with E-state index in [-0.39, 0.29) is 24.6 Å². The van der Waals surface area contributed by atoms with E-state index in [4.69, 9.17) is 14.9 Å². The first-order valence-electron chi connectivity index (χ1n) is 5.33. The SMILES string of the molecule is O=C(O)c1cc(C(=O)N2CCOC(CO)C2)no1. The average Bonchev–Trinajstić information content (AvgIpc) is 2.87. The lowest BCUT2D eigenvalue weighted by atomic mass is 10.2. The van der Waals surface area contributed by atoms with Gasteiger partial charge in [-0.1, -0.05) is 5.16 Å². The Labute approximate surface area is 102 Å². The second-order valence-electron chi connectivity index (χ2n) is 3.81. The maximum atomic E-state index is 12.0. The Bertz CT molecular complexity index is 457. The highest BCUT2D eigenvalue weighted by atomic mass is 16.5. The molecule has 0 spiro atoms. The van der Waals surface area contributed by atoms with Crippen molar-refractivity contribution in [1.29, 1.82) is 0 Å². The number of aliphatic hydroxyl groups is 1. The molecule has 1 aromatic heterocycles. The molecule has 2 rings (SSSR count). The summed E-state index contributed by atoms with van der Waals surface area (Å²) in [7, 11) is 0. The monoisotopic (exact) mass is 256 g/mol. The summed E-state index contributed by atoms with van der Waals surface area (Å²) >= 11 is 0. The topological polar surface area (TPSA) is 113 Å². The lowest BCUT2D eigenvalue weighted by Crippen LogP contribution is -2.47. The zero-order chi connectivity index (χ0) is 13.1.